The van der Waals surface area contributed by atoms with Gasteiger partial charge in [-0.3, -0.25) is 9.89 Å². The van der Waals surface area contributed by atoms with E-state index in [-0.39, 0.29) is 11.8 Å². The number of nitrogens with one attached hydrogen (secondary N) is 3. The summed E-state index contributed by atoms with van der Waals surface area (Å²) in [5.74, 6) is 0.431. The molecule has 1 aromatic carbocycles. The van der Waals surface area contributed by atoms with E-state index in [1.165, 1.54) is 0 Å². The zero-order chi connectivity index (χ0) is 16.5. The molecule has 3 N–H and O–H groups in total. The molecule has 1 aliphatic rings. The molecular weight excluding hydrogens is 328 g/mol. The van der Waals surface area contributed by atoms with Gasteiger partial charge < -0.3 is 5.32 Å². The van der Waals surface area contributed by atoms with Gasteiger partial charge in [0.25, 0.3) is 0 Å². The van der Waals surface area contributed by atoms with Gasteiger partial charge in [-0.05, 0) is 30.5 Å². The number of aromatic amines is 2. The third-order valence-corrected chi connectivity index (χ3v) is 4.54. The first-order valence-corrected chi connectivity index (χ1v) is 8.07. The van der Waals surface area contributed by atoms with Gasteiger partial charge in [0.05, 0.1) is 17.6 Å². The van der Waals surface area contributed by atoms with Crippen LogP contribution < -0.4 is 5.32 Å². The van der Waals surface area contributed by atoms with Crippen LogP contribution in [0.4, 0.5) is 5.82 Å². The second kappa shape index (κ2) is 6.09. The molecule has 8 heteroatoms. The number of aromatic nitrogens is 5. The molecule has 0 saturated heterocycles. The highest BCUT2D eigenvalue weighted by molar-refractivity contribution is 6.30. The van der Waals surface area contributed by atoms with Crippen LogP contribution in [0.1, 0.15) is 17.8 Å². The van der Waals surface area contributed by atoms with E-state index in [2.05, 4.69) is 30.9 Å². The van der Waals surface area contributed by atoms with E-state index < -0.39 is 0 Å². The van der Waals surface area contributed by atoms with Gasteiger partial charge in [-0.25, -0.2) is 0 Å². The number of halogens is 1. The average Bonchev–Trinajstić information content (AvgIpc) is 3.24. The number of aryl methyl sites for hydroxylation is 1. The van der Waals surface area contributed by atoms with Crippen molar-refractivity contribution < 1.29 is 4.79 Å². The van der Waals surface area contributed by atoms with Crippen molar-refractivity contribution >= 4 is 23.3 Å². The minimum absolute atomic E-state index is 0.0388. The molecule has 24 heavy (non-hydrogen) atoms. The molecule has 1 aliphatic carbocycles. The maximum absolute atomic E-state index is 12.6. The van der Waals surface area contributed by atoms with Crippen LogP contribution in [0.25, 0.3) is 11.1 Å². The van der Waals surface area contributed by atoms with Crippen molar-refractivity contribution in [3.05, 3.63) is 46.9 Å². The number of benzene rings is 1. The smallest absolute Gasteiger partial charge is 0.229 e. The molecule has 1 amide bonds. The Morgan fingerprint density at radius 1 is 1.21 bits per heavy atom. The lowest BCUT2D eigenvalue weighted by Crippen LogP contribution is -2.28. The number of hydrogen-bond acceptors (Lipinski definition) is 4. The fraction of sp³-hybridized carbons (Fsp3) is 0.250. The maximum Gasteiger partial charge on any atom is 0.229 e. The zero-order valence-corrected chi connectivity index (χ0v) is 13.5. The van der Waals surface area contributed by atoms with Crippen LogP contribution in [0, 0.1) is 5.92 Å². The predicted octanol–water partition coefficient (Wildman–Crippen LogP) is 2.59. The Balaban J connectivity index is 1.51. The van der Waals surface area contributed by atoms with Crippen LogP contribution in [0.5, 0.6) is 0 Å². The molecule has 3 aromatic rings. The summed E-state index contributed by atoms with van der Waals surface area (Å²) in [7, 11) is 0. The topological polar surface area (TPSA) is 99.4 Å². The van der Waals surface area contributed by atoms with Crippen LogP contribution >= 0.6 is 11.6 Å². The number of fused-ring (bicyclic) bond motifs is 1. The lowest BCUT2D eigenvalue weighted by atomic mass is 9.89. The van der Waals surface area contributed by atoms with Crippen LogP contribution in [0.15, 0.2) is 30.5 Å². The van der Waals surface area contributed by atoms with E-state index in [0.29, 0.717) is 17.3 Å². The zero-order valence-electron chi connectivity index (χ0n) is 12.7. The quantitative estimate of drug-likeness (QED) is 0.681. The van der Waals surface area contributed by atoms with Crippen molar-refractivity contribution in [1.82, 2.24) is 25.6 Å². The first-order chi connectivity index (χ1) is 11.7. The molecule has 1 atom stereocenters. The second-order valence-electron chi connectivity index (χ2n) is 5.81. The van der Waals surface area contributed by atoms with Gasteiger partial charge >= 0.3 is 0 Å². The Morgan fingerprint density at radius 2 is 2.00 bits per heavy atom. The van der Waals surface area contributed by atoms with Gasteiger partial charge in [0.1, 0.15) is 5.82 Å². The normalized spacial score (nSPS) is 16.6. The molecule has 1 unspecified atom stereocenters. The first kappa shape index (κ1) is 14.9. The third-order valence-electron chi connectivity index (χ3n) is 4.29. The number of carbonyl (C=O) groups excluding carboxylic acids is 1. The van der Waals surface area contributed by atoms with E-state index >= 15 is 0 Å². The summed E-state index contributed by atoms with van der Waals surface area (Å²) in [6.07, 6.45) is 3.81. The summed E-state index contributed by atoms with van der Waals surface area (Å²) >= 11 is 5.92. The molecule has 0 saturated carbocycles. The molecule has 2 aromatic heterocycles. The van der Waals surface area contributed by atoms with Gasteiger partial charge in [-0.1, -0.05) is 23.7 Å². The lowest BCUT2D eigenvalue weighted by Gasteiger charge is -2.19. The van der Waals surface area contributed by atoms with Crippen molar-refractivity contribution in [3.8, 4) is 11.1 Å². The number of nitrogens with zero attached hydrogens (tertiary/aromatic N) is 3. The molecule has 2 heterocycles. The van der Waals surface area contributed by atoms with E-state index in [1.54, 1.807) is 6.20 Å². The fourth-order valence-corrected chi connectivity index (χ4v) is 3.09. The minimum Gasteiger partial charge on any atom is -0.310 e. The molecule has 0 radical (unpaired) electrons. The highest BCUT2D eigenvalue weighted by Crippen LogP contribution is 2.29. The summed E-state index contributed by atoms with van der Waals surface area (Å²) in [6, 6.07) is 7.40. The first-order valence-electron chi connectivity index (χ1n) is 7.69. The predicted molar refractivity (Wildman–Crippen MR) is 89.6 cm³/mol. The Kier molecular flexibility index (Phi) is 3.78. The number of H-pyrrole nitrogens is 2. The molecule has 4 rings (SSSR count). The highest BCUT2D eigenvalue weighted by atomic mass is 35.5. The van der Waals surface area contributed by atoms with Crippen molar-refractivity contribution in [2.24, 2.45) is 5.92 Å². The summed E-state index contributed by atoms with van der Waals surface area (Å²) < 4.78 is 0. The molecule has 0 spiro atoms. The molecular formula is C16H15ClN6O. The van der Waals surface area contributed by atoms with E-state index in [9.17, 15) is 4.79 Å². The molecule has 0 bridgehead atoms. The molecule has 0 aliphatic heterocycles. The number of hydrogen-bond donors (Lipinski definition) is 3. The van der Waals surface area contributed by atoms with Crippen molar-refractivity contribution in [2.45, 2.75) is 19.3 Å². The number of anilines is 1. The summed E-state index contributed by atoms with van der Waals surface area (Å²) in [5, 5.41) is 21.3. The average molecular weight is 343 g/mol. The van der Waals surface area contributed by atoms with Crippen LogP contribution in [-0.4, -0.2) is 31.5 Å². The summed E-state index contributed by atoms with van der Waals surface area (Å²) in [5.41, 5.74) is 3.61. The van der Waals surface area contributed by atoms with Crippen molar-refractivity contribution in [1.29, 1.82) is 0 Å². The number of amides is 1. The Labute approximate surface area is 142 Å². The fourth-order valence-electron chi connectivity index (χ4n) is 2.96. The lowest BCUT2D eigenvalue weighted by molar-refractivity contribution is -0.120. The third kappa shape index (κ3) is 2.78. The van der Waals surface area contributed by atoms with Crippen LogP contribution in [0.2, 0.25) is 5.02 Å². The Morgan fingerprint density at radius 3 is 2.83 bits per heavy atom. The van der Waals surface area contributed by atoms with Crippen LogP contribution in [-0.2, 0) is 17.6 Å². The molecule has 122 valence electrons. The van der Waals surface area contributed by atoms with Gasteiger partial charge in [-0.2, -0.15) is 20.5 Å². The SMILES string of the molecule is O=C(Nc1[nH]ncc1-c1ccc(Cl)cc1)C1CCc2n[nH]nc2C1. The van der Waals surface area contributed by atoms with E-state index in [4.69, 9.17) is 11.6 Å². The highest BCUT2D eigenvalue weighted by Gasteiger charge is 2.28. The number of carbonyl (C=O) groups is 1. The maximum atomic E-state index is 12.6. The van der Waals surface area contributed by atoms with Gasteiger partial charge in [0, 0.05) is 22.9 Å². The molecule has 7 nitrogen and oxygen atoms in total. The van der Waals surface area contributed by atoms with E-state index in [0.717, 1.165) is 35.4 Å². The largest absolute Gasteiger partial charge is 0.310 e. The summed E-state index contributed by atoms with van der Waals surface area (Å²) in [4.78, 5) is 12.6. The minimum atomic E-state index is -0.121. The van der Waals surface area contributed by atoms with E-state index in [1.807, 2.05) is 24.3 Å². The van der Waals surface area contributed by atoms with Crippen molar-refractivity contribution in [3.63, 3.8) is 0 Å². The Hall–Kier alpha value is -2.67. The van der Waals surface area contributed by atoms with Crippen molar-refractivity contribution in [2.75, 3.05) is 5.32 Å². The van der Waals surface area contributed by atoms with Gasteiger partial charge in [-0.15, -0.1) is 0 Å². The van der Waals surface area contributed by atoms with Gasteiger partial charge in [0.15, 0.2) is 0 Å². The monoisotopic (exact) mass is 342 g/mol. The number of rotatable bonds is 3. The molecule has 0 fully saturated rings. The van der Waals surface area contributed by atoms with Gasteiger partial charge in [0.2, 0.25) is 5.91 Å². The van der Waals surface area contributed by atoms with Crippen LogP contribution in [0.3, 0.4) is 0 Å². The summed E-state index contributed by atoms with van der Waals surface area (Å²) in [6.45, 7) is 0. The standard InChI is InChI=1S/C16H15ClN6O/c17-11-4-1-9(2-5-11)12-8-18-22-15(12)19-16(24)10-3-6-13-14(7-10)21-23-20-13/h1-2,4-5,8,10H,3,6-7H2,(H,20,21,23)(H2,18,19,22,24). The Bertz CT molecular complexity index is 869. The second-order valence-corrected chi connectivity index (χ2v) is 6.25.